The van der Waals surface area contributed by atoms with Gasteiger partial charge in [-0.05, 0) is 37.0 Å². The van der Waals surface area contributed by atoms with Crippen LogP contribution in [0, 0.1) is 6.92 Å². The highest BCUT2D eigenvalue weighted by atomic mass is 32.1. The van der Waals surface area contributed by atoms with Gasteiger partial charge >= 0.3 is 0 Å². The van der Waals surface area contributed by atoms with Crippen LogP contribution in [-0.4, -0.2) is 59.8 Å². The van der Waals surface area contributed by atoms with Crippen molar-refractivity contribution in [1.82, 2.24) is 19.8 Å². The van der Waals surface area contributed by atoms with E-state index >= 15 is 0 Å². The molecule has 1 fully saturated rings. The lowest BCUT2D eigenvalue weighted by Gasteiger charge is -2.26. The van der Waals surface area contributed by atoms with E-state index in [4.69, 9.17) is 4.74 Å². The predicted octanol–water partition coefficient (Wildman–Crippen LogP) is 1.97. The average Bonchev–Trinajstić information content (AvgIpc) is 3.10. The van der Waals surface area contributed by atoms with Gasteiger partial charge in [0, 0.05) is 19.6 Å². The molecule has 0 bridgehead atoms. The van der Waals surface area contributed by atoms with E-state index in [-0.39, 0.29) is 5.91 Å². The van der Waals surface area contributed by atoms with Crippen molar-refractivity contribution in [2.75, 3.05) is 39.4 Å². The van der Waals surface area contributed by atoms with Gasteiger partial charge in [-0.25, -0.2) is 0 Å². The van der Waals surface area contributed by atoms with Crippen LogP contribution in [0.15, 0.2) is 24.3 Å². The standard InChI is InChI=1S/C17H22N4O2S/c1-13-3-5-14(6-4-13)16-15(19-20-24-16)17(22)18-7-2-8-21-9-11-23-12-10-21/h3-6H,2,7-12H2,1H3,(H,18,22). The molecule has 2 aromatic rings. The van der Waals surface area contributed by atoms with Gasteiger partial charge in [0.25, 0.3) is 5.91 Å². The van der Waals surface area contributed by atoms with Crippen LogP contribution in [0.5, 0.6) is 0 Å². The summed E-state index contributed by atoms with van der Waals surface area (Å²) in [6.07, 6.45) is 0.920. The highest BCUT2D eigenvalue weighted by Crippen LogP contribution is 2.26. The Morgan fingerprint density at radius 2 is 2.04 bits per heavy atom. The first kappa shape index (κ1) is 17.0. The van der Waals surface area contributed by atoms with E-state index in [2.05, 4.69) is 19.8 Å². The predicted molar refractivity (Wildman–Crippen MR) is 94.3 cm³/mol. The molecule has 1 aliphatic heterocycles. The van der Waals surface area contributed by atoms with E-state index in [9.17, 15) is 4.79 Å². The van der Waals surface area contributed by atoms with Gasteiger partial charge in [0.2, 0.25) is 0 Å². The van der Waals surface area contributed by atoms with Crippen molar-refractivity contribution in [2.24, 2.45) is 0 Å². The third kappa shape index (κ3) is 4.37. The number of morpholine rings is 1. The van der Waals surface area contributed by atoms with Gasteiger partial charge in [-0.15, -0.1) is 5.10 Å². The highest BCUT2D eigenvalue weighted by molar-refractivity contribution is 7.09. The van der Waals surface area contributed by atoms with Crippen molar-refractivity contribution in [3.8, 4) is 10.4 Å². The minimum Gasteiger partial charge on any atom is -0.379 e. The Kier molecular flexibility index (Phi) is 5.90. The molecule has 1 amide bonds. The van der Waals surface area contributed by atoms with Crippen LogP contribution in [-0.2, 0) is 4.74 Å². The molecular formula is C17H22N4O2S. The Morgan fingerprint density at radius 3 is 2.79 bits per heavy atom. The summed E-state index contributed by atoms with van der Waals surface area (Å²) in [7, 11) is 0. The van der Waals surface area contributed by atoms with Crippen LogP contribution < -0.4 is 5.32 Å². The van der Waals surface area contributed by atoms with Gasteiger partial charge in [-0.3, -0.25) is 9.69 Å². The molecule has 1 aromatic heterocycles. The summed E-state index contributed by atoms with van der Waals surface area (Å²) in [5.41, 5.74) is 2.58. The number of carbonyl (C=O) groups is 1. The van der Waals surface area contributed by atoms with Gasteiger partial charge in [0.05, 0.1) is 18.1 Å². The fourth-order valence-corrected chi connectivity index (χ4v) is 3.31. The second kappa shape index (κ2) is 8.32. The topological polar surface area (TPSA) is 67.4 Å². The van der Waals surface area contributed by atoms with E-state index in [1.54, 1.807) is 0 Å². The molecule has 3 rings (SSSR count). The first-order chi connectivity index (χ1) is 11.7. The third-order valence-electron chi connectivity index (χ3n) is 4.06. The summed E-state index contributed by atoms with van der Waals surface area (Å²) in [5.74, 6) is -0.152. The first-order valence-electron chi connectivity index (χ1n) is 8.22. The van der Waals surface area contributed by atoms with Crippen molar-refractivity contribution in [1.29, 1.82) is 0 Å². The van der Waals surface area contributed by atoms with Crippen molar-refractivity contribution >= 4 is 17.4 Å². The fourth-order valence-electron chi connectivity index (χ4n) is 2.65. The summed E-state index contributed by atoms with van der Waals surface area (Å²) in [6.45, 7) is 7.21. The van der Waals surface area contributed by atoms with Crippen molar-refractivity contribution in [2.45, 2.75) is 13.3 Å². The fraction of sp³-hybridized carbons (Fsp3) is 0.471. The smallest absolute Gasteiger partial charge is 0.273 e. The molecule has 1 aliphatic rings. The van der Waals surface area contributed by atoms with Gasteiger partial charge in [0.1, 0.15) is 0 Å². The SMILES string of the molecule is Cc1ccc(-c2snnc2C(=O)NCCCN2CCOCC2)cc1. The number of aromatic nitrogens is 2. The molecule has 1 N–H and O–H groups in total. The minimum absolute atomic E-state index is 0.152. The quantitative estimate of drug-likeness (QED) is 0.810. The maximum absolute atomic E-state index is 12.4. The third-order valence-corrected chi connectivity index (χ3v) is 4.83. The Labute approximate surface area is 146 Å². The molecule has 0 atom stereocenters. The molecule has 0 saturated carbocycles. The lowest BCUT2D eigenvalue weighted by molar-refractivity contribution is 0.0374. The summed E-state index contributed by atoms with van der Waals surface area (Å²) >= 11 is 1.25. The summed E-state index contributed by atoms with van der Waals surface area (Å²) in [4.78, 5) is 15.6. The second-order valence-electron chi connectivity index (χ2n) is 5.88. The van der Waals surface area contributed by atoms with E-state index in [0.717, 1.165) is 49.7 Å². The number of nitrogens with zero attached hydrogens (tertiary/aromatic N) is 3. The summed E-state index contributed by atoms with van der Waals surface area (Å²) in [5, 5.41) is 6.97. The molecule has 1 saturated heterocycles. The maximum atomic E-state index is 12.4. The van der Waals surface area contributed by atoms with E-state index in [1.807, 2.05) is 31.2 Å². The second-order valence-corrected chi connectivity index (χ2v) is 6.63. The Hall–Kier alpha value is -1.83. The summed E-state index contributed by atoms with van der Waals surface area (Å²) in [6, 6.07) is 8.05. The van der Waals surface area contributed by atoms with Crippen molar-refractivity contribution < 1.29 is 9.53 Å². The number of rotatable bonds is 6. The highest BCUT2D eigenvalue weighted by Gasteiger charge is 2.17. The number of aryl methyl sites for hydroxylation is 1. The zero-order valence-electron chi connectivity index (χ0n) is 13.8. The number of nitrogens with one attached hydrogen (secondary N) is 1. The van der Waals surface area contributed by atoms with Gasteiger partial charge in [-0.1, -0.05) is 34.3 Å². The van der Waals surface area contributed by atoms with Crippen molar-refractivity contribution in [3.05, 3.63) is 35.5 Å². The number of hydrogen-bond donors (Lipinski definition) is 1. The summed E-state index contributed by atoms with van der Waals surface area (Å²) < 4.78 is 9.28. The normalized spacial score (nSPS) is 15.4. The number of carbonyl (C=O) groups excluding carboxylic acids is 1. The van der Waals surface area contributed by atoms with Gasteiger partial charge in [0.15, 0.2) is 5.69 Å². The Morgan fingerprint density at radius 1 is 1.29 bits per heavy atom. The lowest BCUT2D eigenvalue weighted by atomic mass is 10.1. The Balaban J connectivity index is 1.52. The number of ether oxygens (including phenoxy) is 1. The largest absolute Gasteiger partial charge is 0.379 e. The van der Waals surface area contributed by atoms with Crippen molar-refractivity contribution in [3.63, 3.8) is 0 Å². The molecule has 2 heterocycles. The first-order valence-corrected chi connectivity index (χ1v) is 8.99. The Bertz CT molecular complexity index is 665. The molecule has 1 aromatic carbocycles. The van der Waals surface area contributed by atoms with Gasteiger partial charge in [-0.2, -0.15) is 0 Å². The van der Waals surface area contributed by atoms with E-state index in [1.165, 1.54) is 17.1 Å². The number of benzene rings is 1. The van der Waals surface area contributed by atoms with E-state index < -0.39 is 0 Å². The van der Waals surface area contributed by atoms with Crippen LogP contribution in [0.3, 0.4) is 0 Å². The van der Waals surface area contributed by atoms with Crippen LogP contribution >= 0.6 is 11.5 Å². The monoisotopic (exact) mass is 346 g/mol. The average molecular weight is 346 g/mol. The van der Waals surface area contributed by atoms with Crippen LogP contribution in [0.25, 0.3) is 10.4 Å². The molecule has 7 heteroatoms. The van der Waals surface area contributed by atoms with Gasteiger partial charge < -0.3 is 10.1 Å². The maximum Gasteiger partial charge on any atom is 0.273 e. The molecule has 0 unspecified atom stereocenters. The molecule has 128 valence electrons. The van der Waals surface area contributed by atoms with E-state index in [0.29, 0.717) is 12.2 Å². The number of amides is 1. The zero-order valence-corrected chi connectivity index (χ0v) is 14.6. The molecule has 24 heavy (non-hydrogen) atoms. The number of hydrogen-bond acceptors (Lipinski definition) is 6. The minimum atomic E-state index is -0.152. The lowest BCUT2D eigenvalue weighted by Crippen LogP contribution is -2.38. The molecule has 0 aliphatic carbocycles. The van der Waals surface area contributed by atoms with Crippen LogP contribution in [0.4, 0.5) is 0 Å². The molecule has 6 nitrogen and oxygen atoms in total. The molecular weight excluding hydrogens is 324 g/mol. The van der Waals surface area contributed by atoms with Crippen LogP contribution in [0.1, 0.15) is 22.5 Å². The van der Waals surface area contributed by atoms with Crippen LogP contribution in [0.2, 0.25) is 0 Å². The zero-order chi connectivity index (χ0) is 16.8. The molecule has 0 spiro atoms. The molecule has 0 radical (unpaired) electrons.